The molecular formula is C22H28IN3O3. The quantitative estimate of drug-likeness (QED) is 0.333. The average molecular weight is 509 g/mol. The van der Waals surface area contributed by atoms with Crippen molar-refractivity contribution in [2.24, 2.45) is 4.99 Å². The first-order valence-corrected chi connectivity index (χ1v) is 9.94. The maximum Gasteiger partial charge on any atom is 0.195 e. The molecule has 0 bridgehead atoms. The van der Waals surface area contributed by atoms with Crippen LogP contribution in [0.15, 0.2) is 47.5 Å². The molecule has 2 aromatic carbocycles. The Bertz CT molecular complexity index is 874. The number of hydrogen-bond acceptors (Lipinski definition) is 4. The Morgan fingerprint density at radius 1 is 1.14 bits per heavy atom. The molecule has 29 heavy (non-hydrogen) atoms. The lowest BCUT2D eigenvalue weighted by Gasteiger charge is -2.22. The summed E-state index contributed by atoms with van der Waals surface area (Å²) >= 11 is 0. The van der Waals surface area contributed by atoms with Crippen molar-refractivity contribution in [3.63, 3.8) is 0 Å². The minimum Gasteiger partial charge on any atom is -0.490 e. The lowest BCUT2D eigenvalue weighted by molar-refractivity contribution is 0.0486. The number of guanidine groups is 1. The summed E-state index contributed by atoms with van der Waals surface area (Å²) in [5, 5.41) is 17.7. The van der Waals surface area contributed by atoms with E-state index in [2.05, 4.69) is 21.7 Å². The molecule has 0 amide bonds. The molecule has 3 N–H and O–H groups in total. The molecule has 156 valence electrons. The van der Waals surface area contributed by atoms with Gasteiger partial charge in [-0.25, -0.2) is 4.99 Å². The Morgan fingerprint density at radius 3 is 2.76 bits per heavy atom. The first-order valence-electron chi connectivity index (χ1n) is 9.94. The van der Waals surface area contributed by atoms with Crippen molar-refractivity contribution in [2.45, 2.75) is 31.8 Å². The molecule has 1 aliphatic carbocycles. The number of hydrogen-bond donors (Lipinski definition) is 3. The van der Waals surface area contributed by atoms with Crippen LogP contribution in [0, 0.1) is 0 Å². The zero-order valence-electron chi connectivity index (χ0n) is 16.6. The van der Waals surface area contributed by atoms with Crippen LogP contribution >= 0.6 is 24.0 Å². The third-order valence-electron chi connectivity index (χ3n) is 5.18. The highest BCUT2D eigenvalue weighted by Gasteiger charge is 2.36. The highest BCUT2D eigenvalue weighted by atomic mass is 127. The molecule has 0 aromatic heterocycles. The fourth-order valence-corrected chi connectivity index (χ4v) is 3.73. The standard InChI is InChI=1S/C22H27N3O3.HI/c1-2-23-21(24-15-22(26)11-10-16-6-3-4-7-18(16)22)25-17-8-9-19-20(14-17)28-13-5-12-27-19;/h3-4,6-9,14,26H,2,5,10-13,15H2,1H3,(H2,23,24,25);1H. The van der Waals surface area contributed by atoms with Gasteiger partial charge in [-0.2, -0.15) is 0 Å². The number of fused-ring (bicyclic) bond motifs is 2. The molecule has 1 unspecified atom stereocenters. The second-order valence-corrected chi connectivity index (χ2v) is 7.22. The molecular weight excluding hydrogens is 481 g/mol. The number of anilines is 1. The third kappa shape index (κ3) is 4.95. The van der Waals surface area contributed by atoms with E-state index in [1.807, 2.05) is 43.3 Å². The van der Waals surface area contributed by atoms with Gasteiger partial charge < -0.3 is 25.2 Å². The van der Waals surface area contributed by atoms with Crippen molar-refractivity contribution in [3.8, 4) is 11.5 Å². The lowest BCUT2D eigenvalue weighted by atomic mass is 9.96. The second-order valence-electron chi connectivity index (χ2n) is 7.22. The first-order chi connectivity index (χ1) is 13.7. The summed E-state index contributed by atoms with van der Waals surface area (Å²) in [4.78, 5) is 4.66. The summed E-state index contributed by atoms with van der Waals surface area (Å²) in [7, 11) is 0. The van der Waals surface area contributed by atoms with Crippen LogP contribution in [0.25, 0.3) is 0 Å². The number of aliphatic imine (C=N–C) groups is 1. The van der Waals surface area contributed by atoms with Crippen LogP contribution in [0.4, 0.5) is 5.69 Å². The van der Waals surface area contributed by atoms with Crippen LogP contribution in [0.5, 0.6) is 11.5 Å². The van der Waals surface area contributed by atoms with Crippen molar-refractivity contribution in [1.29, 1.82) is 0 Å². The molecule has 1 atom stereocenters. The summed E-state index contributed by atoms with van der Waals surface area (Å²) in [6, 6.07) is 13.9. The Morgan fingerprint density at radius 2 is 1.93 bits per heavy atom. The Labute approximate surface area is 188 Å². The number of nitrogens with zero attached hydrogens (tertiary/aromatic N) is 1. The van der Waals surface area contributed by atoms with Gasteiger partial charge in [0.2, 0.25) is 0 Å². The number of halogens is 1. The van der Waals surface area contributed by atoms with Crippen molar-refractivity contribution in [2.75, 3.05) is 31.6 Å². The molecule has 2 aromatic rings. The number of rotatable bonds is 4. The van der Waals surface area contributed by atoms with E-state index in [1.54, 1.807) is 0 Å². The van der Waals surface area contributed by atoms with Gasteiger partial charge in [-0.3, -0.25) is 0 Å². The lowest BCUT2D eigenvalue weighted by Crippen LogP contribution is -2.34. The third-order valence-corrected chi connectivity index (χ3v) is 5.18. The van der Waals surface area contributed by atoms with Gasteiger partial charge in [-0.1, -0.05) is 24.3 Å². The van der Waals surface area contributed by atoms with E-state index in [4.69, 9.17) is 9.47 Å². The molecule has 0 radical (unpaired) electrons. The van der Waals surface area contributed by atoms with Crippen LogP contribution in [-0.2, 0) is 12.0 Å². The Hall–Kier alpha value is -2.00. The highest BCUT2D eigenvalue weighted by Crippen LogP contribution is 2.37. The summed E-state index contributed by atoms with van der Waals surface area (Å²) in [6.45, 7) is 4.38. The van der Waals surface area contributed by atoms with Gasteiger partial charge in [0.15, 0.2) is 17.5 Å². The van der Waals surface area contributed by atoms with Crippen LogP contribution in [0.3, 0.4) is 0 Å². The number of ether oxygens (including phenoxy) is 2. The van der Waals surface area contributed by atoms with E-state index in [0.29, 0.717) is 32.1 Å². The number of aliphatic hydroxyl groups is 1. The van der Waals surface area contributed by atoms with Gasteiger partial charge in [-0.05, 0) is 43.0 Å². The predicted molar refractivity (Wildman–Crippen MR) is 126 cm³/mol. The van der Waals surface area contributed by atoms with Crippen LogP contribution in [0.1, 0.15) is 30.9 Å². The fourth-order valence-electron chi connectivity index (χ4n) is 3.73. The normalized spacial score (nSPS) is 20.3. The molecule has 0 fully saturated rings. The molecule has 1 aliphatic heterocycles. The molecule has 4 rings (SSSR count). The van der Waals surface area contributed by atoms with Crippen LogP contribution < -0.4 is 20.1 Å². The minimum atomic E-state index is -0.913. The van der Waals surface area contributed by atoms with Gasteiger partial charge in [0, 0.05) is 24.7 Å². The highest BCUT2D eigenvalue weighted by molar-refractivity contribution is 14.0. The SMILES string of the molecule is CCNC(=NCC1(O)CCc2ccccc21)Nc1ccc2c(c1)OCCCO2.I. The second kappa shape index (κ2) is 9.67. The number of nitrogens with one attached hydrogen (secondary N) is 2. The van der Waals surface area contributed by atoms with E-state index in [1.165, 1.54) is 5.56 Å². The van der Waals surface area contributed by atoms with Gasteiger partial charge in [-0.15, -0.1) is 24.0 Å². The monoisotopic (exact) mass is 509 g/mol. The van der Waals surface area contributed by atoms with Gasteiger partial charge in [0.1, 0.15) is 5.60 Å². The molecule has 0 spiro atoms. The topological polar surface area (TPSA) is 75.1 Å². The Balaban J connectivity index is 0.00000240. The van der Waals surface area contributed by atoms with Crippen LogP contribution in [-0.4, -0.2) is 37.4 Å². The van der Waals surface area contributed by atoms with E-state index in [-0.39, 0.29) is 24.0 Å². The molecule has 6 nitrogen and oxygen atoms in total. The number of aryl methyl sites for hydroxylation is 1. The molecule has 0 saturated heterocycles. The Kier molecular flexibility index (Phi) is 7.23. The zero-order valence-corrected chi connectivity index (χ0v) is 18.9. The molecule has 2 aliphatic rings. The summed E-state index contributed by atoms with van der Waals surface area (Å²) in [5.74, 6) is 2.14. The van der Waals surface area contributed by atoms with Crippen molar-refractivity contribution < 1.29 is 14.6 Å². The number of benzene rings is 2. The summed E-state index contributed by atoms with van der Waals surface area (Å²) in [6.07, 6.45) is 2.45. The first kappa shape index (κ1) is 21.7. The summed E-state index contributed by atoms with van der Waals surface area (Å²) < 4.78 is 11.4. The van der Waals surface area contributed by atoms with Crippen molar-refractivity contribution in [3.05, 3.63) is 53.6 Å². The van der Waals surface area contributed by atoms with E-state index in [0.717, 1.165) is 42.1 Å². The van der Waals surface area contributed by atoms with Crippen molar-refractivity contribution >= 4 is 35.6 Å². The van der Waals surface area contributed by atoms with E-state index < -0.39 is 5.60 Å². The van der Waals surface area contributed by atoms with Crippen LogP contribution in [0.2, 0.25) is 0 Å². The minimum absolute atomic E-state index is 0. The van der Waals surface area contributed by atoms with Gasteiger partial charge >= 0.3 is 0 Å². The maximum atomic E-state index is 11.1. The maximum absolute atomic E-state index is 11.1. The van der Waals surface area contributed by atoms with Gasteiger partial charge in [0.05, 0.1) is 19.8 Å². The molecule has 7 heteroatoms. The average Bonchev–Trinajstić information content (AvgIpc) is 2.88. The van der Waals surface area contributed by atoms with Gasteiger partial charge in [0.25, 0.3) is 0 Å². The summed E-state index contributed by atoms with van der Waals surface area (Å²) in [5.41, 5.74) is 2.15. The largest absolute Gasteiger partial charge is 0.490 e. The molecule has 1 heterocycles. The smallest absolute Gasteiger partial charge is 0.195 e. The van der Waals surface area contributed by atoms with E-state index >= 15 is 0 Å². The molecule has 0 saturated carbocycles. The zero-order chi connectivity index (χ0) is 19.4. The van der Waals surface area contributed by atoms with Crippen molar-refractivity contribution in [1.82, 2.24) is 5.32 Å². The predicted octanol–water partition coefficient (Wildman–Crippen LogP) is 3.68. The van der Waals surface area contributed by atoms with E-state index in [9.17, 15) is 5.11 Å². The fraction of sp³-hybridized carbons (Fsp3) is 0.409.